The highest BCUT2D eigenvalue weighted by Gasteiger charge is 2.20. The maximum atomic E-state index is 5.68. The van der Waals surface area contributed by atoms with Crippen LogP contribution in [0.2, 0.25) is 0 Å². The second-order valence-electron chi connectivity index (χ2n) is 4.94. The van der Waals surface area contributed by atoms with Gasteiger partial charge in [0.1, 0.15) is 0 Å². The van der Waals surface area contributed by atoms with Gasteiger partial charge in [0.2, 0.25) is 0 Å². The molecule has 0 spiro atoms. The van der Waals surface area contributed by atoms with Crippen molar-refractivity contribution in [2.45, 2.75) is 38.2 Å². The van der Waals surface area contributed by atoms with Gasteiger partial charge in [-0.1, -0.05) is 0 Å². The minimum Gasteiger partial charge on any atom is -0.378 e. The number of rotatable bonds is 4. The number of hydrogen-bond donors (Lipinski definition) is 1. The molecule has 0 aliphatic carbocycles. The Morgan fingerprint density at radius 3 is 2.60 bits per heavy atom. The van der Waals surface area contributed by atoms with Crippen molar-refractivity contribution in [1.29, 1.82) is 0 Å². The summed E-state index contributed by atoms with van der Waals surface area (Å²) in [4.78, 5) is 2.58. The van der Waals surface area contributed by atoms with E-state index in [1.165, 1.54) is 51.7 Å². The highest BCUT2D eigenvalue weighted by Crippen LogP contribution is 2.19. The molecule has 2 aliphatic rings. The molecule has 3 heteroatoms. The van der Waals surface area contributed by atoms with E-state index in [1.54, 1.807) is 0 Å². The van der Waals surface area contributed by atoms with Gasteiger partial charge in [0.15, 0.2) is 0 Å². The molecule has 1 unspecified atom stereocenters. The molecule has 0 aromatic heterocycles. The zero-order valence-electron chi connectivity index (χ0n) is 9.66. The smallest absolute Gasteiger partial charge is 0.0588 e. The monoisotopic (exact) mass is 212 g/mol. The Kier molecular flexibility index (Phi) is 4.42. The van der Waals surface area contributed by atoms with Crippen LogP contribution in [0.4, 0.5) is 0 Å². The van der Waals surface area contributed by atoms with Gasteiger partial charge in [-0.2, -0.15) is 0 Å². The van der Waals surface area contributed by atoms with Gasteiger partial charge in [-0.15, -0.1) is 0 Å². The van der Waals surface area contributed by atoms with Crippen LogP contribution in [-0.2, 0) is 4.74 Å². The SMILES string of the molecule is NCC1CCN(CCC2CCCO2)CC1. The summed E-state index contributed by atoms with van der Waals surface area (Å²) in [5, 5.41) is 0. The van der Waals surface area contributed by atoms with Gasteiger partial charge in [-0.25, -0.2) is 0 Å². The standard InChI is InChI=1S/C12H24N2O/c13-10-11-3-6-14(7-4-11)8-5-12-2-1-9-15-12/h11-12H,1-10,13H2. The Labute approximate surface area is 93.0 Å². The predicted molar refractivity (Wildman–Crippen MR) is 61.8 cm³/mol. The fourth-order valence-corrected chi connectivity index (χ4v) is 2.64. The Hall–Kier alpha value is -0.120. The molecule has 0 radical (unpaired) electrons. The van der Waals surface area contributed by atoms with Crippen LogP contribution in [0.3, 0.4) is 0 Å². The Bertz CT molecular complexity index is 172. The number of likely N-dealkylation sites (tertiary alicyclic amines) is 1. The first-order valence-corrected chi connectivity index (χ1v) is 6.42. The average molecular weight is 212 g/mol. The van der Waals surface area contributed by atoms with Crippen LogP contribution in [0, 0.1) is 5.92 Å². The van der Waals surface area contributed by atoms with Crippen LogP contribution in [-0.4, -0.2) is 43.8 Å². The van der Waals surface area contributed by atoms with Gasteiger partial charge in [0.25, 0.3) is 0 Å². The topological polar surface area (TPSA) is 38.5 Å². The van der Waals surface area contributed by atoms with Crippen LogP contribution in [0.1, 0.15) is 32.1 Å². The molecule has 1 atom stereocenters. The molecule has 2 rings (SSSR count). The average Bonchev–Trinajstić information content (AvgIpc) is 2.80. The third-order valence-electron chi connectivity index (χ3n) is 3.83. The summed E-state index contributed by atoms with van der Waals surface area (Å²) < 4.78 is 5.64. The van der Waals surface area contributed by atoms with Crippen molar-refractivity contribution < 1.29 is 4.74 Å². The summed E-state index contributed by atoms with van der Waals surface area (Å²) in [5.41, 5.74) is 5.68. The zero-order valence-corrected chi connectivity index (χ0v) is 9.66. The molecule has 0 aromatic rings. The van der Waals surface area contributed by atoms with Gasteiger partial charge >= 0.3 is 0 Å². The predicted octanol–water partition coefficient (Wildman–Crippen LogP) is 1.23. The molecule has 2 heterocycles. The highest BCUT2D eigenvalue weighted by atomic mass is 16.5. The van der Waals surface area contributed by atoms with Gasteiger partial charge in [-0.3, -0.25) is 0 Å². The van der Waals surface area contributed by atoms with Crippen LogP contribution in [0.15, 0.2) is 0 Å². The van der Waals surface area contributed by atoms with Crippen LogP contribution < -0.4 is 5.73 Å². The van der Waals surface area contributed by atoms with E-state index in [2.05, 4.69) is 4.90 Å². The van der Waals surface area contributed by atoms with E-state index in [1.807, 2.05) is 0 Å². The van der Waals surface area contributed by atoms with Gasteiger partial charge in [-0.05, 0) is 57.7 Å². The van der Waals surface area contributed by atoms with Crippen LogP contribution in [0.25, 0.3) is 0 Å². The Balaban J connectivity index is 1.59. The second kappa shape index (κ2) is 5.83. The van der Waals surface area contributed by atoms with Crippen molar-refractivity contribution in [1.82, 2.24) is 4.90 Å². The third-order valence-corrected chi connectivity index (χ3v) is 3.83. The van der Waals surface area contributed by atoms with E-state index in [9.17, 15) is 0 Å². The summed E-state index contributed by atoms with van der Waals surface area (Å²) in [5.74, 6) is 0.781. The largest absolute Gasteiger partial charge is 0.378 e. The van der Waals surface area contributed by atoms with E-state index in [0.29, 0.717) is 6.10 Å². The zero-order chi connectivity index (χ0) is 10.5. The molecule has 0 amide bonds. The van der Waals surface area contributed by atoms with Gasteiger partial charge < -0.3 is 15.4 Å². The van der Waals surface area contributed by atoms with Gasteiger partial charge in [0.05, 0.1) is 6.10 Å². The number of piperidine rings is 1. The lowest BCUT2D eigenvalue weighted by atomic mass is 9.97. The highest BCUT2D eigenvalue weighted by molar-refractivity contribution is 4.74. The summed E-state index contributed by atoms with van der Waals surface area (Å²) in [6.07, 6.45) is 6.91. The number of nitrogens with zero attached hydrogens (tertiary/aromatic N) is 1. The minimum absolute atomic E-state index is 0.553. The van der Waals surface area contributed by atoms with E-state index in [0.717, 1.165) is 19.1 Å². The van der Waals surface area contributed by atoms with Crippen LogP contribution >= 0.6 is 0 Å². The molecule has 88 valence electrons. The fourth-order valence-electron chi connectivity index (χ4n) is 2.64. The Morgan fingerprint density at radius 1 is 1.20 bits per heavy atom. The van der Waals surface area contributed by atoms with Crippen molar-refractivity contribution in [3.63, 3.8) is 0 Å². The summed E-state index contributed by atoms with van der Waals surface area (Å²) in [6.45, 7) is 5.57. The van der Waals surface area contributed by atoms with E-state index >= 15 is 0 Å². The molecule has 2 saturated heterocycles. The normalized spacial score (nSPS) is 29.8. The van der Waals surface area contributed by atoms with E-state index in [4.69, 9.17) is 10.5 Å². The van der Waals surface area contributed by atoms with E-state index in [-0.39, 0.29) is 0 Å². The number of hydrogen-bond acceptors (Lipinski definition) is 3. The van der Waals surface area contributed by atoms with Gasteiger partial charge in [0, 0.05) is 13.2 Å². The second-order valence-corrected chi connectivity index (χ2v) is 4.94. The maximum Gasteiger partial charge on any atom is 0.0588 e. The molecule has 0 bridgehead atoms. The molecule has 15 heavy (non-hydrogen) atoms. The number of nitrogens with two attached hydrogens (primary N) is 1. The molecule has 3 nitrogen and oxygen atoms in total. The summed E-state index contributed by atoms with van der Waals surface area (Å²) >= 11 is 0. The van der Waals surface area contributed by atoms with E-state index < -0.39 is 0 Å². The molecule has 0 saturated carbocycles. The van der Waals surface area contributed by atoms with Crippen molar-refractivity contribution in [3.05, 3.63) is 0 Å². The maximum absolute atomic E-state index is 5.68. The number of ether oxygens (including phenoxy) is 1. The molecule has 2 aliphatic heterocycles. The first-order valence-electron chi connectivity index (χ1n) is 6.42. The lowest BCUT2D eigenvalue weighted by Crippen LogP contribution is -2.37. The molecule has 0 aromatic carbocycles. The molecular formula is C12H24N2O. The summed E-state index contributed by atoms with van der Waals surface area (Å²) in [7, 11) is 0. The molecule has 2 N–H and O–H groups in total. The summed E-state index contributed by atoms with van der Waals surface area (Å²) in [6, 6.07) is 0. The van der Waals surface area contributed by atoms with Crippen molar-refractivity contribution in [3.8, 4) is 0 Å². The lowest BCUT2D eigenvalue weighted by Gasteiger charge is -2.31. The lowest BCUT2D eigenvalue weighted by molar-refractivity contribution is 0.0854. The fraction of sp³-hybridized carbons (Fsp3) is 1.00. The third kappa shape index (κ3) is 3.44. The van der Waals surface area contributed by atoms with Crippen LogP contribution in [0.5, 0.6) is 0 Å². The minimum atomic E-state index is 0.553. The van der Waals surface area contributed by atoms with Crippen molar-refractivity contribution in [2.24, 2.45) is 11.7 Å². The molecule has 2 fully saturated rings. The first-order chi connectivity index (χ1) is 7.38. The van der Waals surface area contributed by atoms with Crippen molar-refractivity contribution in [2.75, 3.05) is 32.8 Å². The molecular weight excluding hydrogens is 188 g/mol. The van der Waals surface area contributed by atoms with Crippen molar-refractivity contribution >= 4 is 0 Å². The first kappa shape index (κ1) is 11.4. The Morgan fingerprint density at radius 2 is 2.00 bits per heavy atom. The quantitative estimate of drug-likeness (QED) is 0.761.